The first-order valence-electron chi connectivity index (χ1n) is 8.48. The Bertz CT molecular complexity index is 531. The lowest BCUT2D eigenvalue weighted by Crippen LogP contribution is -2.47. The summed E-state index contributed by atoms with van der Waals surface area (Å²) in [6.07, 6.45) is 4.17. The van der Waals surface area contributed by atoms with Gasteiger partial charge in [-0.25, -0.2) is 4.98 Å². The molecular weight excluding hydrogens is 292 g/mol. The molecule has 0 aromatic carbocycles. The van der Waals surface area contributed by atoms with Crippen LogP contribution in [0.2, 0.25) is 0 Å². The van der Waals surface area contributed by atoms with Crippen LogP contribution in [0.1, 0.15) is 24.3 Å². The number of rotatable bonds is 4. The normalized spacial score (nSPS) is 22.8. The Morgan fingerprint density at radius 2 is 2.22 bits per heavy atom. The zero-order valence-corrected chi connectivity index (χ0v) is 13.8. The van der Waals surface area contributed by atoms with E-state index in [4.69, 9.17) is 4.74 Å². The number of nitrogens with one attached hydrogen (secondary N) is 1. The topological polar surface area (TPSA) is 57.7 Å². The SMILES string of the molecule is CNc1cc([C@@H]2CCCN(CC(=O)N3CCOCC3)C2)ccn1. The van der Waals surface area contributed by atoms with E-state index >= 15 is 0 Å². The minimum absolute atomic E-state index is 0.236. The maximum atomic E-state index is 12.4. The first-order chi connectivity index (χ1) is 11.3. The molecule has 2 aliphatic rings. The summed E-state index contributed by atoms with van der Waals surface area (Å²) in [5.41, 5.74) is 1.31. The summed E-state index contributed by atoms with van der Waals surface area (Å²) >= 11 is 0. The highest BCUT2D eigenvalue weighted by Crippen LogP contribution is 2.27. The van der Waals surface area contributed by atoms with E-state index in [0.29, 0.717) is 25.7 Å². The molecule has 2 aliphatic heterocycles. The number of ether oxygens (including phenoxy) is 1. The van der Waals surface area contributed by atoms with E-state index in [9.17, 15) is 4.79 Å². The predicted molar refractivity (Wildman–Crippen MR) is 89.6 cm³/mol. The first-order valence-corrected chi connectivity index (χ1v) is 8.48. The highest BCUT2D eigenvalue weighted by molar-refractivity contribution is 5.78. The fourth-order valence-electron chi connectivity index (χ4n) is 3.41. The first kappa shape index (κ1) is 16.2. The van der Waals surface area contributed by atoms with Crippen LogP contribution in [0.15, 0.2) is 18.3 Å². The number of hydrogen-bond acceptors (Lipinski definition) is 5. The Morgan fingerprint density at radius 1 is 1.39 bits per heavy atom. The van der Waals surface area contributed by atoms with Gasteiger partial charge in [-0.15, -0.1) is 0 Å². The van der Waals surface area contributed by atoms with Crippen molar-refractivity contribution in [2.24, 2.45) is 0 Å². The van der Waals surface area contributed by atoms with Crippen LogP contribution in [-0.4, -0.2) is 73.7 Å². The molecule has 126 valence electrons. The second-order valence-corrected chi connectivity index (χ2v) is 6.29. The lowest BCUT2D eigenvalue weighted by atomic mass is 9.91. The van der Waals surface area contributed by atoms with Gasteiger partial charge in [0.2, 0.25) is 5.91 Å². The van der Waals surface area contributed by atoms with Crippen molar-refractivity contribution < 1.29 is 9.53 Å². The molecule has 1 N–H and O–H groups in total. The van der Waals surface area contributed by atoms with Crippen LogP contribution in [0.4, 0.5) is 5.82 Å². The van der Waals surface area contributed by atoms with Crippen molar-refractivity contribution in [2.75, 3.05) is 58.3 Å². The van der Waals surface area contributed by atoms with E-state index in [0.717, 1.165) is 38.4 Å². The van der Waals surface area contributed by atoms with Crippen molar-refractivity contribution in [3.63, 3.8) is 0 Å². The number of hydrogen-bond donors (Lipinski definition) is 1. The molecule has 1 atom stereocenters. The van der Waals surface area contributed by atoms with E-state index in [1.165, 1.54) is 12.0 Å². The monoisotopic (exact) mass is 318 g/mol. The number of aromatic nitrogens is 1. The average Bonchev–Trinajstić information content (AvgIpc) is 2.63. The van der Waals surface area contributed by atoms with Gasteiger partial charge in [0.1, 0.15) is 5.82 Å². The fraction of sp³-hybridized carbons (Fsp3) is 0.647. The number of carbonyl (C=O) groups is 1. The number of pyridine rings is 1. The molecule has 6 nitrogen and oxygen atoms in total. The number of nitrogens with zero attached hydrogens (tertiary/aromatic N) is 3. The van der Waals surface area contributed by atoms with Gasteiger partial charge in [0.05, 0.1) is 19.8 Å². The molecular formula is C17H26N4O2. The van der Waals surface area contributed by atoms with Crippen LogP contribution in [0.25, 0.3) is 0 Å². The smallest absolute Gasteiger partial charge is 0.236 e. The molecule has 0 radical (unpaired) electrons. The lowest BCUT2D eigenvalue weighted by Gasteiger charge is -2.35. The van der Waals surface area contributed by atoms with Crippen molar-refractivity contribution in [2.45, 2.75) is 18.8 Å². The molecule has 0 saturated carbocycles. The van der Waals surface area contributed by atoms with Crippen molar-refractivity contribution in [1.82, 2.24) is 14.8 Å². The Morgan fingerprint density at radius 3 is 3.00 bits per heavy atom. The van der Waals surface area contributed by atoms with E-state index < -0.39 is 0 Å². The van der Waals surface area contributed by atoms with Gasteiger partial charge in [-0.05, 0) is 43.0 Å². The molecule has 0 bridgehead atoms. The van der Waals surface area contributed by atoms with E-state index in [2.05, 4.69) is 27.3 Å². The summed E-state index contributed by atoms with van der Waals surface area (Å²) in [7, 11) is 1.89. The van der Waals surface area contributed by atoms with Crippen molar-refractivity contribution in [3.8, 4) is 0 Å². The molecule has 2 saturated heterocycles. The number of piperidine rings is 1. The Hall–Kier alpha value is -1.66. The number of anilines is 1. The van der Waals surface area contributed by atoms with Gasteiger partial charge in [0.15, 0.2) is 0 Å². The van der Waals surface area contributed by atoms with Crippen LogP contribution in [-0.2, 0) is 9.53 Å². The zero-order valence-electron chi connectivity index (χ0n) is 13.8. The van der Waals surface area contributed by atoms with Crippen LogP contribution in [0, 0.1) is 0 Å². The Balaban J connectivity index is 1.58. The maximum absolute atomic E-state index is 12.4. The molecule has 1 amide bonds. The summed E-state index contributed by atoms with van der Waals surface area (Å²) in [6, 6.07) is 4.22. The molecule has 23 heavy (non-hydrogen) atoms. The molecule has 1 aromatic rings. The molecule has 3 rings (SSSR count). The number of carbonyl (C=O) groups excluding carboxylic acids is 1. The van der Waals surface area contributed by atoms with Crippen molar-refractivity contribution >= 4 is 11.7 Å². The third-order valence-corrected chi connectivity index (χ3v) is 4.74. The summed E-state index contributed by atoms with van der Waals surface area (Å²) < 4.78 is 5.32. The Kier molecular flexibility index (Phi) is 5.46. The van der Waals surface area contributed by atoms with Crippen LogP contribution in [0.3, 0.4) is 0 Å². The molecule has 0 unspecified atom stereocenters. The van der Waals surface area contributed by atoms with E-state index in [-0.39, 0.29) is 5.91 Å². The van der Waals surface area contributed by atoms with Gasteiger partial charge in [-0.3, -0.25) is 9.69 Å². The van der Waals surface area contributed by atoms with Gasteiger partial charge in [-0.1, -0.05) is 0 Å². The molecule has 0 spiro atoms. The Labute approximate surface area is 137 Å². The minimum Gasteiger partial charge on any atom is -0.378 e. The second kappa shape index (κ2) is 7.75. The molecule has 0 aliphatic carbocycles. The largest absolute Gasteiger partial charge is 0.378 e. The quantitative estimate of drug-likeness (QED) is 0.903. The summed E-state index contributed by atoms with van der Waals surface area (Å²) in [4.78, 5) is 20.9. The van der Waals surface area contributed by atoms with Gasteiger partial charge in [0.25, 0.3) is 0 Å². The van der Waals surface area contributed by atoms with Gasteiger partial charge in [0, 0.05) is 32.9 Å². The molecule has 1 aromatic heterocycles. The minimum atomic E-state index is 0.236. The van der Waals surface area contributed by atoms with Gasteiger partial charge >= 0.3 is 0 Å². The van der Waals surface area contributed by atoms with Crippen LogP contribution < -0.4 is 5.32 Å². The second-order valence-electron chi connectivity index (χ2n) is 6.29. The highest BCUT2D eigenvalue weighted by Gasteiger charge is 2.25. The lowest BCUT2D eigenvalue weighted by molar-refractivity contribution is -0.136. The third kappa shape index (κ3) is 4.20. The average molecular weight is 318 g/mol. The zero-order chi connectivity index (χ0) is 16.1. The summed E-state index contributed by atoms with van der Waals surface area (Å²) in [6.45, 7) is 5.27. The number of likely N-dealkylation sites (tertiary alicyclic amines) is 1. The predicted octanol–water partition coefficient (Wildman–Crippen LogP) is 1.16. The number of amides is 1. The molecule has 6 heteroatoms. The maximum Gasteiger partial charge on any atom is 0.236 e. The van der Waals surface area contributed by atoms with Crippen molar-refractivity contribution in [1.29, 1.82) is 0 Å². The molecule has 2 fully saturated rings. The standard InChI is InChI=1S/C17H26N4O2/c1-18-16-11-14(4-5-19-16)15-3-2-6-20(12-15)13-17(22)21-7-9-23-10-8-21/h4-5,11,15H,2-3,6-10,12-13H2,1H3,(H,18,19)/t15-/m1/s1. The van der Waals surface area contributed by atoms with Gasteiger partial charge < -0.3 is 15.0 Å². The van der Waals surface area contributed by atoms with Crippen LogP contribution >= 0.6 is 0 Å². The van der Waals surface area contributed by atoms with E-state index in [1.807, 2.05) is 18.1 Å². The van der Waals surface area contributed by atoms with Crippen LogP contribution in [0.5, 0.6) is 0 Å². The summed E-state index contributed by atoms with van der Waals surface area (Å²) in [5.74, 6) is 1.62. The van der Waals surface area contributed by atoms with Gasteiger partial charge in [-0.2, -0.15) is 0 Å². The fourth-order valence-corrected chi connectivity index (χ4v) is 3.41. The highest BCUT2D eigenvalue weighted by atomic mass is 16.5. The number of morpholine rings is 1. The van der Waals surface area contributed by atoms with E-state index in [1.54, 1.807) is 0 Å². The summed E-state index contributed by atoms with van der Waals surface area (Å²) in [5, 5.41) is 3.10. The van der Waals surface area contributed by atoms with Crippen molar-refractivity contribution in [3.05, 3.63) is 23.9 Å². The molecule has 3 heterocycles. The third-order valence-electron chi connectivity index (χ3n) is 4.74.